The summed E-state index contributed by atoms with van der Waals surface area (Å²) in [6, 6.07) is 0. The van der Waals surface area contributed by atoms with E-state index in [0.29, 0.717) is 29.1 Å². The number of aromatic carboxylic acids is 1. The van der Waals surface area contributed by atoms with Crippen molar-refractivity contribution in [3.63, 3.8) is 0 Å². The van der Waals surface area contributed by atoms with Gasteiger partial charge in [-0.15, -0.1) is 17.9 Å². The van der Waals surface area contributed by atoms with Crippen LogP contribution in [0, 0.1) is 6.92 Å². The van der Waals surface area contributed by atoms with Gasteiger partial charge in [0.15, 0.2) is 5.78 Å². The minimum atomic E-state index is -1.24. The summed E-state index contributed by atoms with van der Waals surface area (Å²) in [7, 11) is 0. The van der Waals surface area contributed by atoms with Crippen LogP contribution in [0.15, 0.2) is 12.7 Å². The first-order valence-electron chi connectivity index (χ1n) is 5.75. The highest BCUT2D eigenvalue weighted by atomic mass is 32.1. The summed E-state index contributed by atoms with van der Waals surface area (Å²) in [4.78, 5) is 23.1. The normalized spacial score (nSPS) is 10.1. The second-order valence-corrected chi connectivity index (χ2v) is 4.91. The highest BCUT2D eigenvalue weighted by Crippen LogP contribution is 2.33. The maximum Gasteiger partial charge on any atom is 0.166 e. The highest BCUT2D eigenvalue weighted by Gasteiger charge is 2.20. The fourth-order valence-electron chi connectivity index (χ4n) is 1.69. The van der Waals surface area contributed by atoms with Crippen LogP contribution < -0.4 is 10.4 Å². The predicted molar refractivity (Wildman–Crippen MR) is 71.3 cm³/mol. The van der Waals surface area contributed by atoms with E-state index >= 15 is 0 Å². The molecule has 0 fully saturated rings. The maximum atomic E-state index is 12.0. The molecule has 5 heteroatoms. The van der Waals surface area contributed by atoms with Crippen LogP contribution in [0.2, 0.25) is 0 Å². The fourth-order valence-corrected chi connectivity index (χ4v) is 2.75. The summed E-state index contributed by atoms with van der Waals surface area (Å²) in [5, 5.41) is 14.6. The zero-order valence-electron chi connectivity index (χ0n) is 10.5. The molecule has 18 heavy (non-hydrogen) atoms. The summed E-state index contributed by atoms with van der Waals surface area (Å²) in [6.07, 6.45) is 2.80. The van der Waals surface area contributed by atoms with Crippen molar-refractivity contribution in [1.82, 2.24) is 0 Å². The van der Waals surface area contributed by atoms with Gasteiger partial charge in [0.2, 0.25) is 0 Å². The third kappa shape index (κ3) is 2.98. The van der Waals surface area contributed by atoms with Crippen LogP contribution in [0.4, 0.5) is 5.00 Å². The largest absolute Gasteiger partial charge is 0.544 e. The van der Waals surface area contributed by atoms with Gasteiger partial charge in [-0.3, -0.25) is 4.79 Å². The number of ketones is 1. The molecule has 0 atom stereocenters. The molecule has 0 bridgehead atoms. The molecule has 0 saturated carbocycles. The van der Waals surface area contributed by atoms with Crippen LogP contribution in [0.25, 0.3) is 0 Å². The van der Waals surface area contributed by atoms with E-state index in [4.69, 9.17) is 0 Å². The standard InChI is InChI=1S/C13H17NO3S/c1-4-6-9(15)10-8(3)11(13(16)17)18-12(10)14-7-5-2/h5,14H,2,4,6-7H2,1,3H3,(H,16,17)/p-1. The molecule has 0 aliphatic rings. The molecule has 1 aromatic heterocycles. The van der Waals surface area contributed by atoms with Crippen molar-refractivity contribution < 1.29 is 14.7 Å². The van der Waals surface area contributed by atoms with E-state index in [-0.39, 0.29) is 10.7 Å². The lowest BCUT2D eigenvalue weighted by Crippen LogP contribution is -2.22. The Morgan fingerprint density at radius 3 is 2.67 bits per heavy atom. The second-order valence-electron chi connectivity index (χ2n) is 3.89. The number of carboxylic acids is 1. The van der Waals surface area contributed by atoms with Gasteiger partial charge >= 0.3 is 0 Å². The number of carbonyl (C=O) groups is 2. The Hall–Kier alpha value is -1.62. The molecule has 0 spiro atoms. The van der Waals surface area contributed by atoms with Crippen molar-refractivity contribution >= 4 is 28.1 Å². The molecule has 0 amide bonds. The van der Waals surface area contributed by atoms with Gasteiger partial charge < -0.3 is 15.2 Å². The van der Waals surface area contributed by atoms with Crippen LogP contribution in [-0.2, 0) is 0 Å². The van der Waals surface area contributed by atoms with E-state index in [0.717, 1.165) is 17.8 Å². The monoisotopic (exact) mass is 266 g/mol. The SMILES string of the molecule is C=CCNc1sc(C(=O)[O-])c(C)c1C(=O)CCC. The molecule has 1 rings (SSSR count). The first kappa shape index (κ1) is 14.4. The predicted octanol–water partition coefficient (Wildman–Crippen LogP) is 2.00. The second kappa shape index (κ2) is 6.35. The molecule has 0 saturated heterocycles. The van der Waals surface area contributed by atoms with Crippen molar-refractivity contribution in [2.24, 2.45) is 0 Å². The summed E-state index contributed by atoms with van der Waals surface area (Å²) in [5.41, 5.74) is 0.966. The van der Waals surface area contributed by atoms with Crippen LogP contribution in [0.5, 0.6) is 0 Å². The minimum absolute atomic E-state index is 0.0367. The first-order chi connectivity index (χ1) is 8.52. The Labute approximate surface area is 110 Å². The lowest BCUT2D eigenvalue weighted by Gasteiger charge is -2.05. The lowest BCUT2D eigenvalue weighted by molar-refractivity contribution is -0.254. The molecule has 98 valence electrons. The van der Waals surface area contributed by atoms with Gasteiger partial charge in [-0.05, 0) is 18.9 Å². The molecule has 1 N–H and O–H groups in total. The average molecular weight is 266 g/mol. The van der Waals surface area contributed by atoms with E-state index in [9.17, 15) is 14.7 Å². The lowest BCUT2D eigenvalue weighted by atomic mass is 10.0. The third-order valence-corrected chi connectivity index (χ3v) is 3.72. The van der Waals surface area contributed by atoms with E-state index in [1.165, 1.54) is 0 Å². The Morgan fingerprint density at radius 1 is 1.50 bits per heavy atom. The number of carboxylic acid groups (broad SMARTS) is 1. The molecular weight excluding hydrogens is 250 g/mol. The van der Waals surface area contributed by atoms with Crippen LogP contribution >= 0.6 is 11.3 Å². The zero-order chi connectivity index (χ0) is 13.7. The molecule has 0 aliphatic heterocycles. The minimum Gasteiger partial charge on any atom is -0.544 e. The Balaban J connectivity index is 3.21. The van der Waals surface area contributed by atoms with Crippen LogP contribution in [0.3, 0.4) is 0 Å². The van der Waals surface area contributed by atoms with Crippen LogP contribution in [0.1, 0.15) is 45.4 Å². The van der Waals surface area contributed by atoms with Crippen molar-refractivity contribution in [2.45, 2.75) is 26.7 Å². The number of rotatable bonds is 7. The van der Waals surface area contributed by atoms with E-state index in [1.807, 2.05) is 6.92 Å². The van der Waals surface area contributed by atoms with Gasteiger partial charge in [0, 0.05) is 13.0 Å². The van der Waals surface area contributed by atoms with Crippen LogP contribution in [-0.4, -0.2) is 18.3 Å². The number of Topliss-reactive ketones (excluding diaryl/α,β-unsaturated/α-hetero) is 1. The summed E-state index contributed by atoms with van der Waals surface area (Å²) >= 11 is 1.05. The van der Waals surface area contributed by atoms with Gasteiger partial charge in [-0.1, -0.05) is 13.0 Å². The fraction of sp³-hybridized carbons (Fsp3) is 0.385. The Kier molecular flexibility index (Phi) is 5.09. The van der Waals surface area contributed by atoms with Gasteiger partial charge in [-0.25, -0.2) is 0 Å². The average Bonchev–Trinajstić information content (AvgIpc) is 2.64. The van der Waals surface area contributed by atoms with E-state index in [2.05, 4.69) is 11.9 Å². The maximum absolute atomic E-state index is 12.0. The first-order valence-corrected chi connectivity index (χ1v) is 6.57. The summed E-state index contributed by atoms with van der Waals surface area (Å²) < 4.78 is 0. The molecule has 0 radical (unpaired) electrons. The van der Waals surface area contributed by atoms with Crippen molar-refractivity contribution in [2.75, 3.05) is 11.9 Å². The molecule has 1 aromatic rings. The Bertz CT molecular complexity index is 477. The van der Waals surface area contributed by atoms with Crippen molar-refractivity contribution in [1.29, 1.82) is 0 Å². The van der Waals surface area contributed by atoms with E-state index in [1.54, 1.807) is 13.0 Å². The molecule has 0 aliphatic carbocycles. The number of thiophene rings is 1. The van der Waals surface area contributed by atoms with Crippen molar-refractivity contribution in [3.05, 3.63) is 28.7 Å². The summed E-state index contributed by atoms with van der Waals surface area (Å²) in [5.74, 6) is -1.28. The molecule has 0 unspecified atom stereocenters. The topological polar surface area (TPSA) is 69.2 Å². The number of anilines is 1. The quantitative estimate of drug-likeness (QED) is 0.605. The molecular formula is C13H16NO3S-. The Morgan fingerprint density at radius 2 is 2.17 bits per heavy atom. The number of carbonyl (C=O) groups excluding carboxylic acids is 2. The third-order valence-electron chi connectivity index (χ3n) is 2.50. The van der Waals surface area contributed by atoms with E-state index < -0.39 is 5.97 Å². The molecule has 4 nitrogen and oxygen atoms in total. The van der Waals surface area contributed by atoms with Crippen molar-refractivity contribution in [3.8, 4) is 0 Å². The highest BCUT2D eigenvalue weighted by molar-refractivity contribution is 7.18. The van der Waals surface area contributed by atoms with Gasteiger partial charge in [-0.2, -0.15) is 0 Å². The van der Waals surface area contributed by atoms with Gasteiger partial charge in [0.05, 0.1) is 16.4 Å². The summed E-state index contributed by atoms with van der Waals surface area (Å²) in [6.45, 7) is 7.62. The zero-order valence-corrected chi connectivity index (χ0v) is 11.4. The number of hydrogen-bond acceptors (Lipinski definition) is 5. The molecule has 1 heterocycles. The van der Waals surface area contributed by atoms with Gasteiger partial charge in [0.25, 0.3) is 0 Å². The number of nitrogens with one attached hydrogen (secondary N) is 1. The number of hydrogen-bond donors (Lipinski definition) is 1. The van der Waals surface area contributed by atoms with Gasteiger partial charge in [0.1, 0.15) is 5.00 Å². The smallest absolute Gasteiger partial charge is 0.166 e. The molecule has 0 aromatic carbocycles.